The van der Waals surface area contributed by atoms with Crippen molar-refractivity contribution < 1.29 is 9.59 Å². The lowest BCUT2D eigenvalue weighted by Crippen LogP contribution is -2.32. The summed E-state index contributed by atoms with van der Waals surface area (Å²) in [7, 11) is 0. The molecule has 6 heteroatoms. The molecule has 2 aliphatic rings. The van der Waals surface area contributed by atoms with E-state index in [1.54, 1.807) is 6.20 Å². The fraction of sp³-hybridized carbons (Fsp3) is 0.292. The molecule has 6 nitrogen and oxygen atoms in total. The van der Waals surface area contributed by atoms with Crippen molar-refractivity contribution in [3.05, 3.63) is 65.5 Å². The van der Waals surface area contributed by atoms with Gasteiger partial charge >= 0.3 is 0 Å². The monoisotopic (exact) mass is 400 g/mol. The Morgan fingerprint density at radius 2 is 1.83 bits per heavy atom. The molecule has 0 unspecified atom stereocenters. The summed E-state index contributed by atoms with van der Waals surface area (Å²) in [6.07, 6.45) is 7.12. The number of hydrogen-bond acceptors (Lipinski definition) is 3. The zero-order chi connectivity index (χ0) is 20.5. The highest BCUT2D eigenvalue weighted by atomic mass is 16.2. The fourth-order valence-electron chi connectivity index (χ4n) is 4.34. The minimum absolute atomic E-state index is 0.00889. The first-order chi connectivity index (χ1) is 14.7. The summed E-state index contributed by atoms with van der Waals surface area (Å²) in [6, 6.07) is 13.7. The molecule has 0 radical (unpaired) electrons. The van der Waals surface area contributed by atoms with Crippen LogP contribution in [-0.4, -0.2) is 34.4 Å². The van der Waals surface area contributed by atoms with Crippen LogP contribution in [0.15, 0.2) is 48.7 Å². The number of aromatic amines is 1. The van der Waals surface area contributed by atoms with E-state index in [-0.39, 0.29) is 11.8 Å². The number of nitrogens with zero attached hydrogens (tertiary/aromatic N) is 1. The number of nitrogens with one attached hydrogen (secondary N) is 3. The number of rotatable bonds is 4. The third-order valence-corrected chi connectivity index (χ3v) is 6.01. The van der Waals surface area contributed by atoms with Crippen molar-refractivity contribution in [1.29, 1.82) is 0 Å². The second-order valence-corrected chi connectivity index (χ2v) is 8.04. The molecular formula is C24H24N4O2. The summed E-state index contributed by atoms with van der Waals surface area (Å²) >= 11 is 0. The first-order valence-electron chi connectivity index (χ1n) is 10.6. The number of fused-ring (bicyclic) bond motifs is 1. The number of H-pyrrole nitrogens is 1. The summed E-state index contributed by atoms with van der Waals surface area (Å²) in [6.45, 7) is 0.661. The standard InChI is InChI=1S/C24H24N4O2/c29-23(27-18-3-1-2-4-18)16-7-5-15(6-8-16)21-13-17(9-11-25-21)22-14-19-20(28-22)10-12-26-24(19)30/h5-9,11,13-14,18,28H,1-4,10,12H2,(H,26,30)(H,27,29). The molecule has 2 amide bonds. The molecule has 1 aromatic carbocycles. The quantitative estimate of drug-likeness (QED) is 0.624. The Kier molecular flexibility index (Phi) is 4.83. The van der Waals surface area contributed by atoms with Crippen molar-refractivity contribution in [2.45, 2.75) is 38.1 Å². The normalized spacial score (nSPS) is 16.2. The van der Waals surface area contributed by atoms with E-state index in [9.17, 15) is 9.59 Å². The van der Waals surface area contributed by atoms with Gasteiger partial charge in [0.05, 0.1) is 11.3 Å². The molecule has 3 heterocycles. The van der Waals surface area contributed by atoms with Gasteiger partial charge < -0.3 is 15.6 Å². The summed E-state index contributed by atoms with van der Waals surface area (Å²) in [5.41, 5.74) is 6.02. The van der Waals surface area contributed by atoms with Gasteiger partial charge in [-0.15, -0.1) is 0 Å². The van der Waals surface area contributed by atoms with Crippen LogP contribution in [0.2, 0.25) is 0 Å². The van der Waals surface area contributed by atoms with Crippen LogP contribution < -0.4 is 10.6 Å². The number of pyridine rings is 1. The average molecular weight is 400 g/mol. The third-order valence-electron chi connectivity index (χ3n) is 6.01. The topological polar surface area (TPSA) is 86.9 Å². The van der Waals surface area contributed by atoms with Crippen molar-refractivity contribution in [2.24, 2.45) is 0 Å². The highest BCUT2D eigenvalue weighted by Gasteiger charge is 2.20. The van der Waals surface area contributed by atoms with Crippen LogP contribution >= 0.6 is 0 Å². The molecule has 3 N–H and O–H groups in total. The predicted molar refractivity (Wildman–Crippen MR) is 115 cm³/mol. The lowest BCUT2D eigenvalue weighted by molar-refractivity contribution is 0.0932. The first-order valence-corrected chi connectivity index (χ1v) is 10.6. The summed E-state index contributed by atoms with van der Waals surface area (Å²) < 4.78 is 0. The molecule has 30 heavy (non-hydrogen) atoms. The molecule has 1 aliphatic carbocycles. The third kappa shape index (κ3) is 3.61. The maximum absolute atomic E-state index is 12.4. The molecule has 2 aromatic heterocycles. The van der Waals surface area contributed by atoms with Crippen LogP contribution in [0, 0.1) is 0 Å². The number of carbonyl (C=O) groups is 2. The fourth-order valence-corrected chi connectivity index (χ4v) is 4.34. The Labute approximate surface area is 175 Å². The highest BCUT2D eigenvalue weighted by molar-refractivity contribution is 5.98. The van der Waals surface area contributed by atoms with E-state index in [1.807, 2.05) is 42.5 Å². The zero-order valence-corrected chi connectivity index (χ0v) is 16.7. The van der Waals surface area contributed by atoms with Crippen molar-refractivity contribution >= 4 is 11.8 Å². The van der Waals surface area contributed by atoms with E-state index in [1.165, 1.54) is 12.8 Å². The van der Waals surface area contributed by atoms with Gasteiger partial charge in [0.15, 0.2) is 0 Å². The SMILES string of the molecule is O=C(NC1CCCC1)c1ccc(-c2cc(-c3cc4c([nH]3)CCNC4=O)ccn2)cc1. The molecule has 1 saturated carbocycles. The molecule has 1 fully saturated rings. The van der Waals surface area contributed by atoms with Gasteiger partial charge in [-0.1, -0.05) is 25.0 Å². The molecule has 0 saturated heterocycles. The smallest absolute Gasteiger partial charge is 0.253 e. The molecule has 0 spiro atoms. The van der Waals surface area contributed by atoms with Gasteiger partial charge in [0, 0.05) is 53.3 Å². The Morgan fingerprint density at radius 3 is 2.60 bits per heavy atom. The van der Waals surface area contributed by atoms with E-state index >= 15 is 0 Å². The van der Waals surface area contributed by atoms with Crippen LogP contribution in [0.5, 0.6) is 0 Å². The number of benzene rings is 1. The molecule has 152 valence electrons. The largest absolute Gasteiger partial charge is 0.358 e. The minimum Gasteiger partial charge on any atom is -0.358 e. The summed E-state index contributed by atoms with van der Waals surface area (Å²) in [5.74, 6) is -0.0371. The second kappa shape index (κ2) is 7.78. The van der Waals surface area contributed by atoms with Gasteiger partial charge in [0.1, 0.15) is 0 Å². The van der Waals surface area contributed by atoms with Crippen molar-refractivity contribution in [2.75, 3.05) is 6.54 Å². The number of hydrogen-bond donors (Lipinski definition) is 3. The first kappa shape index (κ1) is 18.6. The molecular weight excluding hydrogens is 376 g/mol. The molecule has 0 bridgehead atoms. The molecule has 3 aromatic rings. The Balaban J connectivity index is 1.36. The summed E-state index contributed by atoms with van der Waals surface area (Å²) in [4.78, 5) is 32.4. The van der Waals surface area contributed by atoms with Gasteiger partial charge in [-0.3, -0.25) is 14.6 Å². The number of aromatic nitrogens is 2. The van der Waals surface area contributed by atoms with E-state index < -0.39 is 0 Å². The maximum atomic E-state index is 12.4. The highest BCUT2D eigenvalue weighted by Crippen LogP contribution is 2.27. The van der Waals surface area contributed by atoms with E-state index in [0.29, 0.717) is 23.7 Å². The van der Waals surface area contributed by atoms with E-state index in [2.05, 4.69) is 20.6 Å². The van der Waals surface area contributed by atoms with Gasteiger partial charge in [-0.25, -0.2) is 0 Å². The Morgan fingerprint density at radius 1 is 1.03 bits per heavy atom. The van der Waals surface area contributed by atoms with Gasteiger partial charge in [-0.05, 0) is 43.2 Å². The van der Waals surface area contributed by atoms with Crippen LogP contribution in [0.1, 0.15) is 52.1 Å². The second-order valence-electron chi connectivity index (χ2n) is 8.04. The minimum atomic E-state index is -0.0282. The average Bonchev–Trinajstić information content (AvgIpc) is 3.44. The van der Waals surface area contributed by atoms with Crippen LogP contribution in [0.3, 0.4) is 0 Å². The van der Waals surface area contributed by atoms with Gasteiger partial charge in [0.2, 0.25) is 0 Å². The van der Waals surface area contributed by atoms with Crippen molar-refractivity contribution in [1.82, 2.24) is 20.6 Å². The van der Waals surface area contributed by atoms with E-state index in [4.69, 9.17) is 0 Å². The molecule has 1 aliphatic heterocycles. The maximum Gasteiger partial charge on any atom is 0.253 e. The molecule has 0 atom stereocenters. The van der Waals surface area contributed by atoms with E-state index in [0.717, 1.165) is 47.5 Å². The van der Waals surface area contributed by atoms with Crippen molar-refractivity contribution in [3.8, 4) is 22.5 Å². The number of carbonyl (C=O) groups excluding carboxylic acids is 2. The summed E-state index contributed by atoms with van der Waals surface area (Å²) in [5, 5.41) is 5.99. The predicted octanol–water partition coefficient (Wildman–Crippen LogP) is 3.70. The lowest BCUT2D eigenvalue weighted by atomic mass is 10.0. The Hall–Kier alpha value is -3.41. The van der Waals surface area contributed by atoms with Crippen LogP contribution in [-0.2, 0) is 6.42 Å². The van der Waals surface area contributed by atoms with Crippen molar-refractivity contribution in [3.63, 3.8) is 0 Å². The van der Waals surface area contributed by atoms with Gasteiger partial charge in [-0.2, -0.15) is 0 Å². The number of amides is 2. The van der Waals surface area contributed by atoms with Crippen LogP contribution in [0.4, 0.5) is 0 Å². The zero-order valence-electron chi connectivity index (χ0n) is 16.7. The van der Waals surface area contributed by atoms with Gasteiger partial charge in [0.25, 0.3) is 11.8 Å². The van der Waals surface area contributed by atoms with Crippen LogP contribution in [0.25, 0.3) is 22.5 Å². The molecule has 5 rings (SSSR count). The lowest BCUT2D eigenvalue weighted by Gasteiger charge is -2.12. The Bertz CT molecular complexity index is 1090.